The van der Waals surface area contributed by atoms with Gasteiger partial charge in [0.15, 0.2) is 5.65 Å². The van der Waals surface area contributed by atoms with Crippen LogP contribution in [-0.4, -0.2) is 44.3 Å². The zero-order valence-corrected chi connectivity index (χ0v) is 15.1. The average Bonchev–Trinajstić information content (AvgIpc) is 3.11. The molecule has 3 aromatic rings. The van der Waals surface area contributed by atoms with Gasteiger partial charge in [-0.15, -0.1) is 0 Å². The molecule has 3 heterocycles. The van der Waals surface area contributed by atoms with Crippen LogP contribution in [-0.2, 0) is 11.2 Å². The van der Waals surface area contributed by atoms with Gasteiger partial charge >= 0.3 is 5.97 Å². The highest BCUT2D eigenvalue weighted by Gasteiger charge is 2.43. The molecule has 0 radical (unpaired) electrons. The maximum absolute atomic E-state index is 12.3. The van der Waals surface area contributed by atoms with Crippen LogP contribution in [0.4, 0.5) is 11.8 Å². The Labute approximate surface area is 156 Å². The summed E-state index contributed by atoms with van der Waals surface area (Å²) >= 11 is 0. The van der Waals surface area contributed by atoms with E-state index in [1.165, 1.54) is 0 Å². The molecule has 4 N–H and O–H groups in total. The number of nitrogens with zero attached hydrogens (tertiary/aromatic N) is 4. The van der Waals surface area contributed by atoms with Gasteiger partial charge in [-0.25, -0.2) is 0 Å². The topological polar surface area (TPSA) is 121 Å². The highest BCUT2D eigenvalue weighted by atomic mass is 16.4. The van der Waals surface area contributed by atoms with E-state index in [9.17, 15) is 9.90 Å². The van der Waals surface area contributed by atoms with Gasteiger partial charge in [-0.1, -0.05) is 24.3 Å². The molecule has 0 saturated carbocycles. The number of benzene rings is 1. The van der Waals surface area contributed by atoms with Gasteiger partial charge < -0.3 is 15.7 Å². The van der Waals surface area contributed by atoms with Gasteiger partial charge in [0.25, 0.3) is 0 Å². The Kier molecular flexibility index (Phi) is 4.18. The van der Waals surface area contributed by atoms with Crippen LogP contribution in [0, 0.1) is 12.3 Å². The van der Waals surface area contributed by atoms with E-state index in [4.69, 9.17) is 5.73 Å². The van der Waals surface area contributed by atoms with Gasteiger partial charge in [-0.05, 0) is 37.3 Å². The van der Waals surface area contributed by atoms with Crippen molar-refractivity contribution in [2.75, 3.05) is 23.7 Å². The zero-order chi connectivity index (χ0) is 19.0. The number of hydrogen-bond acceptors (Lipinski definition) is 6. The summed E-state index contributed by atoms with van der Waals surface area (Å²) in [5, 5.41) is 17.7. The number of hydrogen-bond donors (Lipinski definition) is 3. The number of nitrogens with one attached hydrogen (secondary N) is 1. The van der Waals surface area contributed by atoms with Crippen molar-refractivity contribution in [3.05, 3.63) is 41.6 Å². The predicted molar refractivity (Wildman–Crippen MR) is 102 cm³/mol. The molecule has 1 atom stereocenters. The minimum absolute atomic E-state index is 0.146. The molecule has 0 amide bonds. The van der Waals surface area contributed by atoms with E-state index in [-0.39, 0.29) is 5.95 Å². The van der Waals surface area contributed by atoms with Crippen molar-refractivity contribution in [2.24, 2.45) is 5.41 Å². The number of fused-ring (bicyclic) bond motifs is 1. The second kappa shape index (κ2) is 6.53. The molecular weight excluding hydrogens is 344 g/mol. The lowest BCUT2D eigenvalue weighted by Crippen LogP contribution is -2.49. The number of rotatable bonds is 4. The second-order valence-corrected chi connectivity index (χ2v) is 7.25. The molecule has 0 bridgehead atoms. The molecule has 1 aliphatic rings. The maximum atomic E-state index is 12.3. The van der Waals surface area contributed by atoms with Gasteiger partial charge in [0, 0.05) is 13.1 Å². The van der Waals surface area contributed by atoms with Crippen LogP contribution in [0.1, 0.15) is 24.0 Å². The number of piperidine rings is 1. The molecule has 140 valence electrons. The SMILES string of the molecule is Cc1ccccc1C[C@]1(C(=O)O)CCCN(c2nc(N)nc3[nH]ncc23)C1. The summed E-state index contributed by atoms with van der Waals surface area (Å²) < 4.78 is 0. The Morgan fingerprint density at radius 2 is 2.19 bits per heavy atom. The van der Waals surface area contributed by atoms with E-state index in [0.29, 0.717) is 30.9 Å². The Morgan fingerprint density at radius 1 is 1.37 bits per heavy atom. The molecule has 1 fully saturated rings. The molecule has 1 aromatic carbocycles. The van der Waals surface area contributed by atoms with Crippen LogP contribution < -0.4 is 10.6 Å². The minimum atomic E-state index is -0.875. The van der Waals surface area contributed by atoms with E-state index in [1.54, 1.807) is 6.20 Å². The Hall–Kier alpha value is -3.16. The third kappa shape index (κ3) is 3.07. The van der Waals surface area contributed by atoms with Gasteiger partial charge in [0.05, 0.1) is 17.0 Å². The van der Waals surface area contributed by atoms with E-state index in [0.717, 1.165) is 29.5 Å². The fraction of sp³-hybridized carbons (Fsp3) is 0.368. The molecule has 8 nitrogen and oxygen atoms in total. The number of aliphatic carboxylic acids is 1. The standard InChI is InChI=1S/C19H22N6O2/c1-12-5-2-3-6-13(12)9-19(17(26)27)7-4-8-25(11-19)16-14-10-21-24-15(14)22-18(20)23-16/h2-3,5-6,10H,4,7-9,11H2,1H3,(H,26,27)(H3,20,21,22,23,24)/t19-/m1/s1. The summed E-state index contributed by atoms with van der Waals surface area (Å²) in [4.78, 5) is 22.9. The molecule has 2 aromatic heterocycles. The summed E-state index contributed by atoms with van der Waals surface area (Å²) in [7, 11) is 0. The number of aromatic amines is 1. The third-order valence-corrected chi connectivity index (χ3v) is 5.43. The van der Waals surface area contributed by atoms with Crippen LogP contribution in [0.25, 0.3) is 11.0 Å². The predicted octanol–water partition coefficient (Wildman–Crippen LogP) is 2.16. The monoisotopic (exact) mass is 366 g/mol. The van der Waals surface area contributed by atoms with Crippen molar-refractivity contribution in [1.29, 1.82) is 0 Å². The van der Waals surface area contributed by atoms with E-state index in [1.807, 2.05) is 36.1 Å². The van der Waals surface area contributed by atoms with Gasteiger partial charge in [-0.2, -0.15) is 15.1 Å². The molecule has 4 rings (SSSR count). The smallest absolute Gasteiger partial charge is 0.311 e. The highest BCUT2D eigenvalue weighted by molar-refractivity contribution is 5.88. The highest BCUT2D eigenvalue weighted by Crippen LogP contribution is 2.37. The summed E-state index contributed by atoms with van der Waals surface area (Å²) in [6, 6.07) is 7.96. The fourth-order valence-corrected chi connectivity index (χ4v) is 3.96. The molecule has 8 heteroatoms. The van der Waals surface area contributed by atoms with Crippen LogP contribution in [0.15, 0.2) is 30.5 Å². The number of H-pyrrole nitrogens is 1. The number of carboxylic acids is 1. The van der Waals surface area contributed by atoms with Crippen molar-refractivity contribution in [3.8, 4) is 0 Å². The first kappa shape index (κ1) is 17.3. The molecule has 0 unspecified atom stereocenters. The summed E-state index contributed by atoms with van der Waals surface area (Å²) in [5.74, 6) is 0.00873. The van der Waals surface area contributed by atoms with Crippen LogP contribution in [0.3, 0.4) is 0 Å². The second-order valence-electron chi connectivity index (χ2n) is 7.25. The van der Waals surface area contributed by atoms with Crippen molar-refractivity contribution >= 4 is 28.8 Å². The molecular formula is C19H22N6O2. The van der Waals surface area contributed by atoms with Crippen molar-refractivity contribution in [2.45, 2.75) is 26.2 Å². The van der Waals surface area contributed by atoms with E-state index in [2.05, 4.69) is 20.2 Å². The fourth-order valence-electron chi connectivity index (χ4n) is 3.96. The summed E-state index contributed by atoms with van der Waals surface area (Å²) in [6.45, 7) is 3.11. The Bertz CT molecular complexity index is 1000. The lowest BCUT2D eigenvalue weighted by Gasteiger charge is -2.41. The Balaban J connectivity index is 1.72. The number of nitrogen functional groups attached to an aromatic ring is 1. The molecule has 1 aliphatic heterocycles. The van der Waals surface area contributed by atoms with Crippen LogP contribution in [0.5, 0.6) is 0 Å². The minimum Gasteiger partial charge on any atom is -0.481 e. The summed E-state index contributed by atoms with van der Waals surface area (Å²) in [5.41, 5.74) is 7.71. The average molecular weight is 366 g/mol. The first-order chi connectivity index (χ1) is 13.0. The van der Waals surface area contributed by atoms with Gasteiger partial charge in [0.1, 0.15) is 5.82 Å². The van der Waals surface area contributed by atoms with Gasteiger partial charge in [-0.3, -0.25) is 9.89 Å². The van der Waals surface area contributed by atoms with Gasteiger partial charge in [0.2, 0.25) is 5.95 Å². The molecule has 27 heavy (non-hydrogen) atoms. The number of anilines is 2. The number of nitrogens with two attached hydrogens (primary N) is 1. The summed E-state index contributed by atoms with van der Waals surface area (Å²) in [6.07, 6.45) is 3.53. The third-order valence-electron chi connectivity index (χ3n) is 5.43. The van der Waals surface area contributed by atoms with Crippen molar-refractivity contribution < 1.29 is 9.90 Å². The number of aromatic nitrogens is 4. The zero-order valence-electron chi connectivity index (χ0n) is 15.1. The number of carboxylic acid groups (broad SMARTS) is 1. The first-order valence-corrected chi connectivity index (χ1v) is 8.98. The van der Waals surface area contributed by atoms with E-state index >= 15 is 0 Å². The molecule has 1 saturated heterocycles. The normalized spacial score (nSPS) is 20.1. The van der Waals surface area contributed by atoms with Crippen LogP contribution >= 0.6 is 0 Å². The molecule has 0 aliphatic carbocycles. The first-order valence-electron chi connectivity index (χ1n) is 8.98. The Morgan fingerprint density at radius 3 is 2.96 bits per heavy atom. The lowest BCUT2D eigenvalue weighted by molar-refractivity contribution is -0.149. The maximum Gasteiger partial charge on any atom is 0.311 e. The van der Waals surface area contributed by atoms with Crippen molar-refractivity contribution in [1.82, 2.24) is 20.2 Å². The van der Waals surface area contributed by atoms with Crippen LogP contribution in [0.2, 0.25) is 0 Å². The largest absolute Gasteiger partial charge is 0.481 e. The lowest BCUT2D eigenvalue weighted by atomic mass is 9.74. The number of aryl methyl sites for hydroxylation is 1. The number of carbonyl (C=O) groups is 1. The quantitative estimate of drug-likeness (QED) is 0.647. The molecule has 0 spiro atoms. The van der Waals surface area contributed by atoms with E-state index < -0.39 is 11.4 Å². The van der Waals surface area contributed by atoms with Crippen molar-refractivity contribution in [3.63, 3.8) is 0 Å².